The standard InChI is InChI=1S/C14H27NO/c16-12-14(9-5-2-6-10-14)11-15-13-7-3-1-4-8-13/h13,15-16H,1-12H2. The molecular weight excluding hydrogens is 198 g/mol. The average molecular weight is 225 g/mol. The number of hydrogen-bond donors (Lipinski definition) is 2. The van der Waals surface area contributed by atoms with Gasteiger partial charge in [0.15, 0.2) is 0 Å². The van der Waals surface area contributed by atoms with Crippen molar-refractivity contribution >= 4 is 0 Å². The fraction of sp³-hybridized carbons (Fsp3) is 1.00. The minimum atomic E-state index is 0.218. The summed E-state index contributed by atoms with van der Waals surface area (Å²) < 4.78 is 0. The smallest absolute Gasteiger partial charge is 0.0499 e. The Morgan fingerprint density at radius 2 is 1.56 bits per heavy atom. The summed E-state index contributed by atoms with van der Waals surface area (Å²) in [4.78, 5) is 0. The molecule has 2 N–H and O–H groups in total. The Balaban J connectivity index is 1.77. The lowest BCUT2D eigenvalue weighted by molar-refractivity contribution is 0.0766. The van der Waals surface area contributed by atoms with Gasteiger partial charge in [-0.15, -0.1) is 0 Å². The summed E-state index contributed by atoms with van der Waals surface area (Å²) in [5, 5.41) is 13.4. The van der Waals surface area contributed by atoms with E-state index in [-0.39, 0.29) is 5.41 Å². The van der Waals surface area contributed by atoms with Crippen LogP contribution in [-0.4, -0.2) is 24.3 Å². The predicted octanol–water partition coefficient (Wildman–Crippen LogP) is 2.85. The summed E-state index contributed by atoms with van der Waals surface area (Å²) in [6.07, 6.45) is 13.3. The van der Waals surface area contributed by atoms with E-state index in [0.29, 0.717) is 6.61 Å². The molecule has 2 aliphatic carbocycles. The first-order valence-electron chi connectivity index (χ1n) is 7.19. The first kappa shape index (κ1) is 12.4. The molecule has 0 heterocycles. The highest BCUT2D eigenvalue weighted by atomic mass is 16.3. The van der Waals surface area contributed by atoms with Crippen molar-refractivity contribution in [3.63, 3.8) is 0 Å². The van der Waals surface area contributed by atoms with Crippen LogP contribution in [0.25, 0.3) is 0 Å². The molecule has 2 fully saturated rings. The van der Waals surface area contributed by atoms with Crippen molar-refractivity contribution in [2.45, 2.75) is 70.3 Å². The van der Waals surface area contributed by atoms with Gasteiger partial charge < -0.3 is 10.4 Å². The normalized spacial score (nSPS) is 26.8. The fourth-order valence-corrected chi connectivity index (χ4v) is 3.36. The monoisotopic (exact) mass is 225 g/mol. The van der Waals surface area contributed by atoms with Crippen molar-refractivity contribution < 1.29 is 5.11 Å². The van der Waals surface area contributed by atoms with Crippen LogP contribution in [0.5, 0.6) is 0 Å². The molecular formula is C14H27NO. The van der Waals surface area contributed by atoms with Crippen LogP contribution in [0.3, 0.4) is 0 Å². The van der Waals surface area contributed by atoms with Crippen LogP contribution < -0.4 is 5.32 Å². The van der Waals surface area contributed by atoms with Gasteiger partial charge in [-0.2, -0.15) is 0 Å². The van der Waals surface area contributed by atoms with Crippen LogP contribution in [0, 0.1) is 5.41 Å². The zero-order chi connectivity index (χ0) is 11.3. The predicted molar refractivity (Wildman–Crippen MR) is 67.5 cm³/mol. The van der Waals surface area contributed by atoms with Gasteiger partial charge in [0.05, 0.1) is 0 Å². The van der Waals surface area contributed by atoms with E-state index < -0.39 is 0 Å². The van der Waals surface area contributed by atoms with Crippen molar-refractivity contribution in [1.82, 2.24) is 5.32 Å². The van der Waals surface area contributed by atoms with E-state index in [1.807, 2.05) is 0 Å². The molecule has 94 valence electrons. The van der Waals surface area contributed by atoms with Crippen LogP contribution in [0.4, 0.5) is 0 Å². The summed E-state index contributed by atoms with van der Waals surface area (Å²) in [6.45, 7) is 1.43. The molecule has 0 aliphatic heterocycles. The molecule has 16 heavy (non-hydrogen) atoms. The Bertz CT molecular complexity index is 193. The second-order valence-electron chi connectivity index (χ2n) is 5.93. The van der Waals surface area contributed by atoms with Gasteiger partial charge in [0.1, 0.15) is 0 Å². The second-order valence-corrected chi connectivity index (χ2v) is 5.93. The molecule has 0 aromatic heterocycles. The van der Waals surface area contributed by atoms with Crippen LogP contribution in [-0.2, 0) is 0 Å². The third-order valence-corrected chi connectivity index (χ3v) is 4.62. The number of hydrogen-bond acceptors (Lipinski definition) is 2. The first-order valence-corrected chi connectivity index (χ1v) is 7.19. The average Bonchev–Trinajstić information content (AvgIpc) is 2.39. The summed E-state index contributed by atoms with van der Waals surface area (Å²) in [5.41, 5.74) is 0.218. The van der Waals surface area contributed by atoms with E-state index in [1.165, 1.54) is 64.2 Å². The number of aliphatic hydroxyl groups excluding tert-OH is 1. The molecule has 0 radical (unpaired) electrons. The SMILES string of the molecule is OCC1(CNC2CCCCC2)CCCCC1. The summed E-state index contributed by atoms with van der Waals surface area (Å²) in [7, 11) is 0. The van der Waals surface area contributed by atoms with Gasteiger partial charge >= 0.3 is 0 Å². The minimum Gasteiger partial charge on any atom is -0.396 e. The number of nitrogens with one attached hydrogen (secondary N) is 1. The summed E-state index contributed by atoms with van der Waals surface area (Å²) in [5.74, 6) is 0. The Morgan fingerprint density at radius 3 is 2.19 bits per heavy atom. The number of rotatable bonds is 4. The van der Waals surface area contributed by atoms with E-state index in [4.69, 9.17) is 0 Å². The zero-order valence-electron chi connectivity index (χ0n) is 10.5. The Hall–Kier alpha value is -0.0800. The maximum absolute atomic E-state index is 9.63. The molecule has 0 spiro atoms. The highest BCUT2D eigenvalue weighted by molar-refractivity contribution is 4.86. The molecule has 2 rings (SSSR count). The zero-order valence-corrected chi connectivity index (χ0v) is 10.5. The first-order chi connectivity index (χ1) is 7.85. The van der Waals surface area contributed by atoms with E-state index in [1.54, 1.807) is 0 Å². The minimum absolute atomic E-state index is 0.218. The maximum Gasteiger partial charge on any atom is 0.0499 e. The van der Waals surface area contributed by atoms with E-state index in [9.17, 15) is 5.11 Å². The highest BCUT2D eigenvalue weighted by Gasteiger charge is 2.31. The topological polar surface area (TPSA) is 32.3 Å². The van der Waals surface area contributed by atoms with Gasteiger partial charge in [-0.3, -0.25) is 0 Å². The van der Waals surface area contributed by atoms with Gasteiger partial charge in [0, 0.05) is 24.6 Å². The van der Waals surface area contributed by atoms with Crippen LogP contribution in [0.15, 0.2) is 0 Å². The van der Waals surface area contributed by atoms with Gasteiger partial charge in [-0.25, -0.2) is 0 Å². The lowest BCUT2D eigenvalue weighted by Crippen LogP contribution is -2.43. The van der Waals surface area contributed by atoms with Gasteiger partial charge in [-0.05, 0) is 25.7 Å². The Morgan fingerprint density at radius 1 is 0.938 bits per heavy atom. The van der Waals surface area contributed by atoms with Crippen LogP contribution in [0.2, 0.25) is 0 Å². The summed E-state index contributed by atoms with van der Waals surface area (Å²) >= 11 is 0. The van der Waals surface area contributed by atoms with Crippen LogP contribution >= 0.6 is 0 Å². The third-order valence-electron chi connectivity index (χ3n) is 4.62. The second kappa shape index (κ2) is 6.02. The molecule has 2 aliphatic rings. The molecule has 0 aromatic rings. The molecule has 2 heteroatoms. The molecule has 0 atom stereocenters. The van der Waals surface area contributed by atoms with Crippen molar-refractivity contribution in [3.05, 3.63) is 0 Å². The van der Waals surface area contributed by atoms with E-state index in [2.05, 4.69) is 5.32 Å². The van der Waals surface area contributed by atoms with E-state index >= 15 is 0 Å². The molecule has 2 saturated carbocycles. The number of aliphatic hydroxyl groups is 1. The third kappa shape index (κ3) is 3.21. The van der Waals surface area contributed by atoms with Gasteiger partial charge in [0.2, 0.25) is 0 Å². The lowest BCUT2D eigenvalue weighted by Gasteiger charge is -2.37. The molecule has 0 bridgehead atoms. The molecule has 0 aromatic carbocycles. The highest BCUT2D eigenvalue weighted by Crippen LogP contribution is 2.35. The maximum atomic E-state index is 9.63. The Kier molecular flexibility index (Phi) is 4.66. The van der Waals surface area contributed by atoms with E-state index in [0.717, 1.165) is 12.6 Å². The molecule has 0 amide bonds. The fourth-order valence-electron chi connectivity index (χ4n) is 3.36. The van der Waals surface area contributed by atoms with Gasteiger partial charge in [0.25, 0.3) is 0 Å². The van der Waals surface area contributed by atoms with Crippen molar-refractivity contribution in [2.24, 2.45) is 5.41 Å². The van der Waals surface area contributed by atoms with Crippen molar-refractivity contribution in [1.29, 1.82) is 0 Å². The largest absolute Gasteiger partial charge is 0.396 e. The molecule has 0 saturated heterocycles. The molecule has 2 nitrogen and oxygen atoms in total. The van der Waals surface area contributed by atoms with Crippen molar-refractivity contribution in [2.75, 3.05) is 13.2 Å². The Labute approximate surface area is 99.8 Å². The quantitative estimate of drug-likeness (QED) is 0.771. The van der Waals surface area contributed by atoms with Crippen molar-refractivity contribution in [3.8, 4) is 0 Å². The van der Waals surface area contributed by atoms with Gasteiger partial charge in [-0.1, -0.05) is 38.5 Å². The lowest BCUT2D eigenvalue weighted by atomic mass is 9.74. The molecule has 0 unspecified atom stereocenters. The van der Waals surface area contributed by atoms with Crippen LogP contribution in [0.1, 0.15) is 64.2 Å². The summed E-state index contributed by atoms with van der Waals surface area (Å²) in [6, 6.07) is 0.735.